The van der Waals surface area contributed by atoms with Crippen molar-refractivity contribution in [2.24, 2.45) is 5.92 Å². The fourth-order valence-electron chi connectivity index (χ4n) is 4.75. The molecule has 0 radical (unpaired) electrons. The Labute approximate surface area is 208 Å². The van der Waals surface area contributed by atoms with Gasteiger partial charge >= 0.3 is 5.97 Å². The highest BCUT2D eigenvalue weighted by atomic mass is 32.2. The van der Waals surface area contributed by atoms with Gasteiger partial charge in [0.05, 0.1) is 23.7 Å². The molecule has 0 N–H and O–H groups in total. The number of carbonyl (C=O) groups is 2. The zero-order valence-corrected chi connectivity index (χ0v) is 20.6. The fourth-order valence-corrected chi connectivity index (χ4v) is 5.16. The zero-order chi connectivity index (χ0) is 24.4. The number of anilines is 1. The summed E-state index contributed by atoms with van der Waals surface area (Å²) in [5.74, 6) is -1.23. The number of thioether (sulfide) groups is 1. The summed E-state index contributed by atoms with van der Waals surface area (Å²) in [5.41, 5.74) is 3.66. The second kappa shape index (κ2) is 9.96. The molecule has 0 saturated heterocycles. The molecule has 0 fully saturated rings. The van der Waals surface area contributed by atoms with E-state index in [4.69, 9.17) is 9.72 Å². The molecule has 0 spiro atoms. The summed E-state index contributed by atoms with van der Waals surface area (Å²) in [7, 11) is 0. The lowest BCUT2D eigenvalue weighted by Gasteiger charge is -2.38. The minimum absolute atomic E-state index is 0.211. The lowest BCUT2D eigenvalue weighted by atomic mass is 9.89. The Morgan fingerprint density at radius 3 is 2.43 bits per heavy atom. The third-order valence-corrected chi connectivity index (χ3v) is 7.15. The number of fused-ring (bicyclic) bond motifs is 3. The summed E-state index contributed by atoms with van der Waals surface area (Å²) in [4.78, 5) is 34.9. The van der Waals surface area contributed by atoms with Gasteiger partial charge in [0.2, 0.25) is 11.9 Å². The van der Waals surface area contributed by atoms with Gasteiger partial charge in [0.25, 0.3) is 0 Å². The van der Waals surface area contributed by atoms with Crippen LogP contribution in [-0.4, -0.2) is 40.8 Å². The van der Waals surface area contributed by atoms with E-state index in [0.717, 1.165) is 27.1 Å². The minimum atomic E-state index is -1.00. The van der Waals surface area contributed by atoms with Crippen LogP contribution in [0.15, 0.2) is 83.8 Å². The Balaban J connectivity index is 1.67. The number of imidazole rings is 1. The third-order valence-electron chi connectivity index (χ3n) is 6.41. The molecular formula is C28H27N3O3S. The second-order valence-electron chi connectivity index (χ2n) is 8.44. The van der Waals surface area contributed by atoms with E-state index in [9.17, 15) is 9.59 Å². The second-order valence-corrected chi connectivity index (χ2v) is 9.32. The van der Waals surface area contributed by atoms with Gasteiger partial charge < -0.3 is 9.30 Å². The normalized spacial score (nSPS) is 17.4. The number of rotatable bonds is 7. The summed E-state index contributed by atoms with van der Waals surface area (Å²) in [6.07, 6.45) is 2.67. The number of hydrogen-bond donors (Lipinski definition) is 0. The molecule has 0 bridgehead atoms. The Hall–Kier alpha value is -3.58. The molecule has 1 aliphatic heterocycles. The third kappa shape index (κ3) is 4.32. The van der Waals surface area contributed by atoms with Gasteiger partial charge in [0.15, 0.2) is 5.92 Å². The molecular weight excluding hydrogens is 458 g/mol. The van der Waals surface area contributed by atoms with E-state index in [1.165, 1.54) is 0 Å². The largest absolute Gasteiger partial charge is 0.465 e. The van der Waals surface area contributed by atoms with E-state index in [1.807, 2.05) is 89.7 Å². The molecule has 1 amide bonds. The maximum absolute atomic E-state index is 14.0. The van der Waals surface area contributed by atoms with Crippen LogP contribution in [0.5, 0.6) is 0 Å². The van der Waals surface area contributed by atoms with Gasteiger partial charge in [-0.15, -0.1) is 11.8 Å². The minimum Gasteiger partial charge on any atom is -0.465 e. The van der Waals surface area contributed by atoms with Crippen molar-refractivity contribution in [2.45, 2.75) is 24.3 Å². The van der Waals surface area contributed by atoms with Gasteiger partial charge in [-0.3, -0.25) is 14.5 Å². The maximum atomic E-state index is 14.0. The van der Waals surface area contributed by atoms with Crippen molar-refractivity contribution in [2.75, 3.05) is 24.3 Å². The monoisotopic (exact) mass is 485 g/mol. The molecule has 2 atom stereocenters. The van der Waals surface area contributed by atoms with Gasteiger partial charge in [0.1, 0.15) is 0 Å². The lowest BCUT2D eigenvalue weighted by Crippen LogP contribution is -2.50. The van der Waals surface area contributed by atoms with Crippen molar-refractivity contribution in [3.8, 4) is 0 Å². The molecule has 178 valence electrons. The Kier molecular flexibility index (Phi) is 6.59. The molecule has 3 aromatic carbocycles. The van der Waals surface area contributed by atoms with Crippen molar-refractivity contribution in [3.05, 3.63) is 90.0 Å². The lowest BCUT2D eigenvalue weighted by molar-refractivity contribution is -0.153. The van der Waals surface area contributed by atoms with E-state index in [-0.39, 0.29) is 12.5 Å². The van der Waals surface area contributed by atoms with Gasteiger partial charge in [-0.2, -0.15) is 0 Å². The quantitative estimate of drug-likeness (QED) is 0.207. The number of benzene rings is 3. The van der Waals surface area contributed by atoms with Crippen LogP contribution in [0.4, 0.5) is 5.95 Å². The summed E-state index contributed by atoms with van der Waals surface area (Å²) in [5, 5.41) is 0. The Morgan fingerprint density at radius 2 is 1.71 bits per heavy atom. The van der Waals surface area contributed by atoms with Crippen LogP contribution >= 0.6 is 11.8 Å². The van der Waals surface area contributed by atoms with Crippen molar-refractivity contribution in [3.63, 3.8) is 0 Å². The molecule has 0 aliphatic carbocycles. The van der Waals surface area contributed by atoms with E-state index in [0.29, 0.717) is 18.9 Å². The number of esters is 1. The topological polar surface area (TPSA) is 64.4 Å². The molecule has 35 heavy (non-hydrogen) atoms. The van der Waals surface area contributed by atoms with Gasteiger partial charge in [-0.05, 0) is 55.0 Å². The number of hydrogen-bond acceptors (Lipinski definition) is 5. The van der Waals surface area contributed by atoms with Crippen LogP contribution < -0.4 is 4.90 Å². The van der Waals surface area contributed by atoms with E-state index >= 15 is 0 Å². The van der Waals surface area contributed by atoms with E-state index in [2.05, 4.69) is 0 Å². The van der Waals surface area contributed by atoms with E-state index < -0.39 is 17.9 Å². The molecule has 2 unspecified atom stereocenters. The molecule has 0 saturated carbocycles. The predicted molar refractivity (Wildman–Crippen MR) is 139 cm³/mol. The highest BCUT2D eigenvalue weighted by Gasteiger charge is 2.47. The van der Waals surface area contributed by atoms with Crippen LogP contribution in [0.3, 0.4) is 0 Å². The maximum Gasteiger partial charge on any atom is 0.321 e. The summed E-state index contributed by atoms with van der Waals surface area (Å²) >= 11 is 1.65. The number of aromatic nitrogens is 2. The Bertz CT molecular complexity index is 1350. The van der Waals surface area contributed by atoms with E-state index in [1.54, 1.807) is 23.6 Å². The molecule has 2 heterocycles. The summed E-state index contributed by atoms with van der Waals surface area (Å²) in [6.45, 7) is 2.39. The summed E-state index contributed by atoms with van der Waals surface area (Å²) < 4.78 is 7.48. The first-order valence-corrected chi connectivity index (χ1v) is 13.0. The number of para-hydroxylation sites is 2. The SMILES string of the molecule is CCOC(=O)C1C(=O)N(CCc2ccccc2)c2nc3ccccc3n2C1c1ccc(SC)cc1. The van der Waals surface area contributed by atoms with Crippen LogP contribution in [0.2, 0.25) is 0 Å². The molecule has 5 rings (SSSR count). The van der Waals surface area contributed by atoms with Gasteiger partial charge in [-0.25, -0.2) is 4.98 Å². The number of amides is 1. The standard InChI is InChI=1S/C28H27N3O3S/c1-3-34-27(33)24-25(20-13-15-21(35-2)16-14-20)31-23-12-8-7-11-22(23)29-28(31)30(26(24)32)18-17-19-9-5-4-6-10-19/h4-16,24-25H,3,17-18H2,1-2H3. The Morgan fingerprint density at radius 1 is 1.00 bits per heavy atom. The molecule has 1 aliphatic rings. The van der Waals surface area contributed by atoms with Crippen LogP contribution in [0, 0.1) is 5.92 Å². The van der Waals surface area contributed by atoms with Crippen molar-refractivity contribution in [1.29, 1.82) is 0 Å². The summed E-state index contributed by atoms with van der Waals surface area (Å²) in [6, 6.07) is 25.3. The molecule has 4 aromatic rings. The number of carbonyl (C=O) groups excluding carboxylic acids is 2. The first kappa shape index (κ1) is 23.2. The molecule has 6 nitrogen and oxygen atoms in total. The van der Waals surface area contributed by atoms with Crippen molar-refractivity contribution >= 4 is 40.6 Å². The molecule has 1 aromatic heterocycles. The van der Waals surface area contributed by atoms with Crippen molar-refractivity contribution < 1.29 is 14.3 Å². The van der Waals surface area contributed by atoms with Gasteiger partial charge in [-0.1, -0.05) is 54.6 Å². The van der Waals surface area contributed by atoms with Crippen LogP contribution in [0.1, 0.15) is 24.1 Å². The number of nitrogens with zero attached hydrogens (tertiary/aromatic N) is 3. The van der Waals surface area contributed by atoms with Crippen LogP contribution in [0.25, 0.3) is 11.0 Å². The average molecular weight is 486 g/mol. The number of ether oxygens (including phenoxy) is 1. The van der Waals surface area contributed by atoms with Crippen molar-refractivity contribution in [1.82, 2.24) is 9.55 Å². The highest BCUT2D eigenvalue weighted by Crippen LogP contribution is 2.41. The van der Waals surface area contributed by atoms with Crippen LogP contribution in [-0.2, 0) is 20.7 Å². The average Bonchev–Trinajstić information content (AvgIpc) is 3.27. The molecule has 7 heteroatoms. The highest BCUT2D eigenvalue weighted by molar-refractivity contribution is 7.98. The smallest absolute Gasteiger partial charge is 0.321 e. The first-order valence-electron chi connectivity index (χ1n) is 11.7. The first-order chi connectivity index (χ1) is 17.1. The van der Waals surface area contributed by atoms with Gasteiger partial charge in [0, 0.05) is 11.4 Å². The fraction of sp³-hybridized carbons (Fsp3) is 0.250. The zero-order valence-electron chi connectivity index (χ0n) is 19.8. The predicted octanol–water partition coefficient (Wildman–Crippen LogP) is 5.12.